The quantitative estimate of drug-likeness (QED) is 0.626. The van der Waals surface area contributed by atoms with Gasteiger partial charge in [0.25, 0.3) is 11.8 Å². The first-order valence-electron chi connectivity index (χ1n) is 10.3. The number of aliphatic imine (C=N–C) groups is 1. The van der Waals surface area contributed by atoms with Crippen molar-refractivity contribution in [2.75, 3.05) is 43.2 Å². The highest BCUT2D eigenvalue weighted by atomic mass is 35.5. The first-order valence-corrected chi connectivity index (χ1v) is 11.5. The Kier molecular flexibility index (Phi) is 6.95. The van der Waals surface area contributed by atoms with E-state index in [0.29, 0.717) is 46.9 Å². The van der Waals surface area contributed by atoms with Crippen LogP contribution in [0.1, 0.15) is 21.7 Å². The summed E-state index contributed by atoms with van der Waals surface area (Å²) in [7, 11) is 0. The molecule has 2 amide bonds. The Morgan fingerprint density at radius 2 is 2.12 bits per heavy atom. The van der Waals surface area contributed by atoms with Crippen LogP contribution in [0.25, 0.3) is 0 Å². The Hall–Kier alpha value is -2.97. The summed E-state index contributed by atoms with van der Waals surface area (Å²) in [6, 6.07) is 8.76. The molecular formula is C22H22ClN5O4S. The van der Waals surface area contributed by atoms with Gasteiger partial charge in [-0.25, -0.2) is 0 Å². The summed E-state index contributed by atoms with van der Waals surface area (Å²) < 4.78 is 11.4. The third kappa shape index (κ3) is 5.02. The maximum absolute atomic E-state index is 13.2. The number of nitrogens with zero attached hydrogens (tertiary/aromatic N) is 3. The van der Waals surface area contributed by atoms with Gasteiger partial charge < -0.3 is 25.0 Å². The fourth-order valence-electron chi connectivity index (χ4n) is 3.84. The van der Waals surface area contributed by atoms with Crippen LogP contribution in [0.15, 0.2) is 35.3 Å². The fraction of sp³-hybridized carbons (Fsp3) is 0.364. The van der Waals surface area contributed by atoms with Gasteiger partial charge in [0.1, 0.15) is 18.0 Å². The SMILES string of the molecule is Cc1cc(NC(=O)[C@]2(NC(=O)c3ccc(Cl)s3)CCOC2)ccc1N1CCOC/C1=N/C#N. The van der Waals surface area contributed by atoms with Crippen molar-refractivity contribution in [3.8, 4) is 6.19 Å². The van der Waals surface area contributed by atoms with E-state index in [0.717, 1.165) is 22.6 Å². The van der Waals surface area contributed by atoms with Crippen molar-refractivity contribution in [3.63, 3.8) is 0 Å². The van der Waals surface area contributed by atoms with Crippen LogP contribution >= 0.6 is 22.9 Å². The number of thiophene rings is 1. The number of hydrogen-bond donors (Lipinski definition) is 2. The van der Waals surface area contributed by atoms with Gasteiger partial charge in [-0.2, -0.15) is 10.3 Å². The summed E-state index contributed by atoms with van der Waals surface area (Å²) in [5.74, 6) is -0.168. The smallest absolute Gasteiger partial charge is 0.262 e. The van der Waals surface area contributed by atoms with Gasteiger partial charge in [0, 0.05) is 30.9 Å². The van der Waals surface area contributed by atoms with E-state index in [1.54, 1.807) is 18.2 Å². The molecule has 11 heteroatoms. The monoisotopic (exact) mass is 487 g/mol. The Morgan fingerprint density at radius 1 is 1.27 bits per heavy atom. The van der Waals surface area contributed by atoms with Crippen molar-refractivity contribution in [2.45, 2.75) is 18.9 Å². The van der Waals surface area contributed by atoms with E-state index in [1.165, 1.54) is 0 Å². The molecular weight excluding hydrogens is 466 g/mol. The van der Waals surface area contributed by atoms with E-state index >= 15 is 0 Å². The number of ether oxygens (including phenoxy) is 2. The molecule has 2 saturated heterocycles. The molecule has 2 fully saturated rings. The summed E-state index contributed by atoms with van der Waals surface area (Å²) in [6.07, 6.45) is 2.18. The molecule has 172 valence electrons. The highest BCUT2D eigenvalue weighted by Crippen LogP contribution is 2.28. The number of nitrogens with one attached hydrogen (secondary N) is 2. The third-order valence-electron chi connectivity index (χ3n) is 5.53. The average molecular weight is 488 g/mol. The second-order valence-electron chi connectivity index (χ2n) is 7.73. The number of amidine groups is 1. The number of aryl methyl sites for hydroxylation is 1. The number of carbonyl (C=O) groups is 2. The van der Waals surface area contributed by atoms with Gasteiger partial charge in [-0.3, -0.25) is 9.59 Å². The molecule has 1 aromatic carbocycles. The van der Waals surface area contributed by atoms with Crippen molar-refractivity contribution in [1.82, 2.24) is 5.32 Å². The number of rotatable bonds is 5. The molecule has 1 aromatic heterocycles. The molecule has 9 nitrogen and oxygen atoms in total. The fourth-order valence-corrected chi connectivity index (χ4v) is 4.78. The first-order chi connectivity index (χ1) is 15.9. The molecule has 2 N–H and O–H groups in total. The molecule has 3 heterocycles. The van der Waals surface area contributed by atoms with Crippen LogP contribution in [0.5, 0.6) is 0 Å². The zero-order valence-electron chi connectivity index (χ0n) is 17.9. The van der Waals surface area contributed by atoms with E-state index in [4.69, 9.17) is 26.3 Å². The number of morpholine rings is 1. The molecule has 0 unspecified atom stereocenters. The molecule has 0 saturated carbocycles. The number of anilines is 2. The topological polar surface area (TPSA) is 116 Å². The van der Waals surface area contributed by atoms with Crippen molar-refractivity contribution >= 4 is 52.0 Å². The minimum absolute atomic E-state index is 0.0858. The van der Waals surface area contributed by atoms with Gasteiger partial charge in [-0.15, -0.1) is 11.3 Å². The van der Waals surface area contributed by atoms with Gasteiger partial charge in [-0.1, -0.05) is 11.6 Å². The number of benzene rings is 1. The molecule has 0 bridgehead atoms. The molecule has 2 aliphatic rings. The minimum atomic E-state index is -1.17. The predicted molar refractivity (Wildman–Crippen MR) is 126 cm³/mol. The van der Waals surface area contributed by atoms with E-state index < -0.39 is 5.54 Å². The number of nitriles is 1. The lowest BCUT2D eigenvalue weighted by Crippen LogP contribution is -2.57. The second-order valence-corrected chi connectivity index (χ2v) is 9.45. The first kappa shape index (κ1) is 23.2. The summed E-state index contributed by atoms with van der Waals surface area (Å²) in [5, 5.41) is 14.7. The molecule has 1 atom stereocenters. The maximum atomic E-state index is 13.2. The van der Waals surface area contributed by atoms with Crippen LogP contribution < -0.4 is 15.5 Å². The van der Waals surface area contributed by atoms with Crippen molar-refractivity contribution in [2.24, 2.45) is 4.99 Å². The van der Waals surface area contributed by atoms with Crippen LogP contribution in [-0.4, -0.2) is 56.2 Å². The summed E-state index contributed by atoms with van der Waals surface area (Å²) >= 11 is 7.09. The van der Waals surface area contributed by atoms with Crippen LogP contribution in [0, 0.1) is 18.4 Å². The molecule has 33 heavy (non-hydrogen) atoms. The predicted octanol–water partition coefficient (Wildman–Crippen LogP) is 2.95. The number of hydrogen-bond acceptors (Lipinski definition) is 7. The Morgan fingerprint density at radius 3 is 2.79 bits per heavy atom. The molecule has 0 radical (unpaired) electrons. The average Bonchev–Trinajstić information content (AvgIpc) is 3.45. The Balaban J connectivity index is 1.51. The summed E-state index contributed by atoms with van der Waals surface area (Å²) in [6.45, 7) is 3.74. The highest BCUT2D eigenvalue weighted by molar-refractivity contribution is 7.18. The summed E-state index contributed by atoms with van der Waals surface area (Å²) in [4.78, 5) is 32.2. The van der Waals surface area contributed by atoms with Gasteiger partial charge in [0.2, 0.25) is 6.19 Å². The molecule has 2 aromatic rings. The van der Waals surface area contributed by atoms with Gasteiger partial charge in [0.05, 0.1) is 22.4 Å². The lowest BCUT2D eigenvalue weighted by atomic mass is 9.96. The molecule has 4 rings (SSSR count). The molecule has 0 spiro atoms. The molecule has 2 aliphatic heterocycles. The van der Waals surface area contributed by atoms with E-state index in [1.807, 2.05) is 30.1 Å². The zero-order chi connectivity index (χ0) is 23.4. The zero-order valence-corrected chi connectivity index (χ0v) is 19.5. The lowest BCUT2D eigenvalue weighted by molar-refractivity contribution is -0.122. The van der Waals surface area contributed by atoms with Crippen molar-refractivity contribution in [1.29, 1.82) is 5.26 Å². The van der Waals surface area contributed by atoms with Crippen LogP contribution in [-0.2, 0) is 14.3 Å². The van der Waals surface area contributed by atoms with Crippen molar-refractivity contribution < 1.29 is 19.1 Å². The summed E-state index contributed by atoms with van der Waals surface area (Å²) in [5.41, 5.74) is 1.20. The normalized spacial score (nSPS) is 21.6. The second kappa shape index (κ2) is 9.89. The van der Waals surface area contributed by atoms with Gasteiger partial charge in [0.15, 0.2) is 0 Å². The van der Waals surface area contributed by atoms with Crippen LogP contribution in [0.2, 0.25) is 4.34 Å². The van der Waals surface area contributed by atoms with E-state index in [-0.39, 0.29) is 25.0 Å². The van der Waals surface area contributed by atoms with Crippen LogP contribution in [0.4, 0.5) is 11.4 Å². The minimum Gasteiger partial charge on any atom is -0.378 e. The number of halogens is 1. The third-order valence-corrected chi connectivity index (χ3v) is 6.76. The standard InChI is InChI=1S/C22H22ClN5O4S/c1-14-10-15(2-3-16(14)28-7-9-31-11-19(28)25-13-24)26-21(30)22(6-8-32-12-22)27-20(29)17-4-5-18(23)33-17/h2-5,10H,6-9,11-12H2,1H3,(H,26,30)(H,27,29)/b25-19-/t22-/m0/s1. The molecule has 0 aliphatic carbocycles. The van der Waals surface area contributed by atoms with E-state index in [9.17, 15) is 9.59 Å². The maximum Gasteiger partial charge on any atom is 0.262 e. The van der Waals surface area contributed by atoms with E-state index in [2.05, 4.69) is 15.6 Å². The Labute approximate surface area is 199 Å². The largest absolute Gasteiger partial charge is 0.378 e. The van der Waals surface area contributed by atoms with Gasteiger partial charge >= 0.3 is 0 Å². The van der Waals surface area contributed by atoms with Crippen molar-refractivity contribution in [3.05, 3.63) is 45.1 Å². The number of carbonyl (C=O) groups excluding carboxylic acids is 2. The highest BCUT2D eigenvalue weighted by Gasteiger charge is 2.44. The number of amides is 2. The lowest BCUT2D eigenvalue weighted by Gasteiger charge is -2.31. The Bertz CT molecular complexity index is 1140. The van der Waals surface area contributed by atoms with Crippen LogP contribution in [0.3, 0.4) is 0 Å². The van der Waals surface area contributed by atoms with Gasteiger partial charge in [-0.05, 0) is 42.8 Å².